The molecule has 1 fully saturated rings. The molecule has 158 valence electrons. The van der Waals surface area contributed by atoms with E-state index in [1.807, 2.05) is 6.19 Å². The molecule has 0 atom stereocenters. The van der Waals surface area contributed by atoms with Crippen LogP contribution in [0, 0.1) is 11.5 Å². The van der Waals surface area contributed by atoms with Gasteiger partial charge in [-0.15, -0.1) is 0 Å². The molecule has 0 aromatic carbocycles. The molecule has 1 saturated heterocycles. The summed E-state index contributed by atoms with van der Waals surface area (Å²) in [5, 5.41) is 14.4. The van der Waals surface area contributed by atoms with Crippen LogP contribution in [0.3, 0.4) is 0 Å². The number of aromatic nitrogens is 1. The summed E-state index contributed by atoms with van der Waals surface area (Å²) < 4.78 is 5.25. The Hall–Kier alpha value is -2.70. The molecule has 0 bridgehead atoms. The van der Waals surface area contributed by atoms with Crippen LogP contribution in [0.5, 0.6) is 0 Å². The maximum atomic E-state index is 11.8. The van der Waals surface area contributed by atoms with E-state index in [0.717, 1.165) is 50.6 Å². The van der Waals surface area contributed by atoms with Gasteiger partial charge in [-0.2, -0.15) is 5.26 Å². The van der Waals surface area contributed by atoms with Crippen LogP contribution in [-0.2, 0) is 14.4 Å². The first-order valence-electron chi connectivity index (χ1n) is 10.2. The van der Waals surface area contributed by atoms with Gasteiger partial charge in [0.05, 0.1) is 6.10 Å². The number of hydrogen-bond acceptors (Lipinski definition) is 6. The third-order valence-corrected chi connectivity index (χ3v) is 4.46. The predicted molar refractivity (Wildman–Crippen MR) is 110 cm³/mol. The lowest BCUT2D eigenvalue weighted by Crippen LogP contribution is -2.33. The molecule has 2 rings (SSSR count). The highest BCUT2D eigenvalue weighted by molar-refractivity contribution is 5.94. The number of rotatable bonds is 11. The summed E-state index contributed by atoms with van der Waals surface area (Å²) in [6.07, 6.45) is 12.3. The second kappa shape index (κ2) is 14.3. The van der Waals surface area contributed by atoms with Crippen LogP contribution in [0.25, 0.3) is 0 Å². The number of carbonyl (C=O) groups excluding carboxylic acids is 1. The Bertz CT molecular complexity index is 656. The summed E-state index contributed by atoms with van der Waals surface area (Å²) in [4.78, 5) is 25.5. The van der Waals surface area contributed by atoms with Crippen molar-refractivity contribution in [3.8, 4) is 6.19 Å². The van der Waals surface area contributed by atoms with Crippen molar-refractivity contribution in [2.75, 3.05) is 25.1 Å². The molecule has 1 aliphatic heterocycles. The molecule has 0 saturated carbocycles. The van der Waals surface area contributed by atoms with Crippen molar-refractivity contribution in [3.63, 3.8) is 0 Å². The molecule has 1 amide bonds. The van der Waals surface area contributed by atoms with E-state index < -0.39 is 0 Å². The zero-order valence-corrected chi connectivity index (χ0v) is 16.7. The van der Waals surface area contributed by atoms with Crippen molar-refractivity contribution in [2.24, 2.45) is 4.99 Å². The van der Waals surface area contributed by atoms with Gasteiger partial charge >= 0.3 is 0 Å². The van der Waals surface area contributed by atoms with E-state index in [1.54, 1.807) is 24.5 Å². The summed E-state index contributed by atoms with van der Waals surface area (Å²) in [5.74, 6) is 0.371. The number of pyridine rings is 1. The van der Waals surface area contributed by atoms with Gasteiger partial charge in [0.15, 0.2) is 6.19 Å². The summed E-state index contributed by atoms with van der Waals surface area (Å²) in [6.45, 7) is 2.01. The van der Waals surface area contributed by atoms with Crippen LogP contribution in [0.15, 0.2) is 29.5 Å². The maximum Gasteiger partial charge on any atom is 0.243 e. The van der Waals surface area contributed by atoms with Gasteiger partial charge in [-0.25, -0.2) is 5.48 Å². The first kappa shape index (κ1) is 22.6. The van der Waals surface area contributed by atoms with Gasteiger partial charge in [0.1, 0.15) is 0 Å². The molecule has 0 spiro atoms. The Morgan fingerprint density at radius 2 is 1.93 bits per heavy atom. The van der Waals surface area contributed by atoms with E-state index in [4.69, 9.17) is 14.8 Å². The van der Waals surface area contributed by atoms with Crippen LogP contribution >= 0.6 is 0 Å². The Morgan fingerprint density at radius 1 is 1.21 bits per heavy atom. The average Bonchev–Trinajstić information content (AvgIpc) is 2.75. The number of carbonyl (C=O) groups is 1. The van der Waals surface area contributed by atoms with Crippen LogP contribution in [0.4, 0.5) is 5.69 Å². The monoisotopic (exact) mass is 402 g/mol. The standard InChI is InChI=1S/C20H30N6O3/c21-16-24-20(25-17-7-12-22-13-8-17)23-11-5-3-1-2-4-6-19(27)26-29-18-9-14-28-15-10-18/h7-8,12-13,18H,1-6,9-11,14-15H2,(H,26,27)(H2,22,23,24,25). The number of amides is 1. The number of unbranched alkanes of at least 4 members (excludes halogenated alkanes) is 4. The molecule has 2 heterocycles. The number of nitrogens with zero attached hydrogens (tertiary/aromatic N) is 3. The lowest BCUT2D eigenvalue weighted by Gasteiger charge is -2.21. The van der Waals surface area contributed by atoms with E-state index in [1.165, 1.54) is 0 Å². The lowest BCUT2D eigenvalue weighted by molar-refractivity contribution is -0.143. The van der Waals surface area contributed by atoms with Gasteiger partial charge in [-0.3, -0.25) is 24.9 Å². The highest BCUT2D eigenvalue weighted by atomic mass is 16.7. The number of hydroxylamine groups is 1. The molecule has 1 aromatic heterocycles. The Kier molecular flexibility index (Phi) is 11.2. The zero-order chi connectivity index (χ0) is 20.6. The van der Waals surface area contributed by atoms with E-state index in [-0.39, 0.29) is 12.0 Å². The number of aliphatic imine (C=N–C) groups is 1. The predicted octanol–water partition coefficient (Wildman–Crippen LogP) is 2.49. The third kappa shape index (κ3) is 10.4. The molecule has 1 aromatic rings. The fraction of sp³-hybridized carbons (Fsp3) is 0.600. The minimum atomic E-state index is -0.0597. The van der Waals surface area contributed by atoms with Gasteiger partial charge in [-0.1, -0.05) is 19.3 Å². The minimum absolute atomic E-state index is 0.0597. The van der Waals surface area contributed by atoms with Crippen molar-refractivity contribution < 1.29 is 14.4 Å². The molecular formula is C20H30N6O3. The first-order valence-corrected chi connectivity index (χ1v) is 10.2. The number of nitriles is 1. The Balaban J connectivity index is 1.49. The molecule has 0 unspecified atom stereocenters. The van der Waals surface area contributed by atoms with Crippen molar-refractivity contribution in [3.05, 3.63) is 24.5 Å². The van der Waals surface area contributed by atoms with Crippen molar-refractivity contribution in [1.82, 2.24) is 15.8 Å². The van der Waals surface area contributed by atoms with Gasteiger partial charge in [0.2, 0.25) is 11.9 Å². The molecule has 1 aliphatic rings. The number of nitrogens with one attached hydrogen (secondary N) is 3. The molecular weight excluding hydrogens is 372 g/mol. The largest absolute Gasteiger partial charge is 0.381 e. The van der Waals surface area contributed by atoms with E-state index in [2.05, 4.69) is 26.1 Å². The van der Waals surface area contributed by atoms with E-state index in [0.29, 0.717) is 32.1 Å². The summed E-state index contributed by atoms with van der Waals surface area (Å²) in [6, 6.07) is 3.61. The van der Waals surface area contributed by atoms with Gasteiger partial charge in [0, 0.05) is 44.3 Å². The molecule has 0 radical (unpaired) electrons. The average molecular weight is 402 g/mol. The summed E-state index contributed by atoms with van der Waals surface area (Å²) in [7, 11) is 0. The summed E-state index contributed by atoms with van der Waals surface area (Å²) in [5.41, 5.74) is 3.37. The highest BCUT2D eigenvalue weighted by Crippen LogP contribution is 2.10. The molecule has 9 nitrogen and oxygen atoms in total. The normalized spacial score (nSPS) is 14.8. The zero-order valence-electron chi connectivity index (χ0n) is 16.7. The SMILES string of the molecule is N#CNC(=NCCCCCCCC(=O)NOC1CCOCC1)Nc1ccncc1. The van der Waals surface area contributed by atoms with E-state index >= 15 is 0 Å². The fourth-order valence-electron chi connectivity index (χ4n) is 2.85. The third-order valence-electron chi connectivity index (χ3n) is 4.46. The van der Waals surface area contributed by atoms with Crippen molar-refractivity contribution >= 4 is 17.6 Å². The Morgan fingerprint density at radius 3 is 2.69 bits per heavy atom. The van der Waals surface area contributed by atoms with Crippen LogP contribution < -0.4 is 16.1 Å². The first-order chi connectivity index (χ1) is 14.3. The summed E-state index contributed by atoms with van der Waals surface area (Å²) >= 11 is 0. The number of ether oxygens (including phenoxy) is 1. The molecule has 29 heavy (non-hydrogen) atoms. The van der Waals surface area contributed by atoms with Crippen molar-refractivity contribution in [2.45, 2.75) is 57.5 Å². The van der Waals surface area contributed by atoms with Crippen LogP contribution in [-0.4, -0.2) is 42.7 Å². The maximum absolute atomic E-state index is 11.8. The minimum Gasteiger partial charge on any atom is -0.381 e. The second-order valence-electron chi connectivity index (χ2n) is 6.80. The second-order valence-corrected chi connectivity index (χ2v) is 6.80. The fourth-order valence-corrected chi connectivity index (χ4v) is 2.85. The van der Waals surface area contributed by atoms with Crippen LogP contribution in [0.1, 0.15) is 51.4 Å². The topological polar surface area (TPSA) is 121 Å². The highest BCUT2D eigenvalue weighted by Gasteiger charge is 2.15. The molecule has 0 aliphatic carbocycles. The molecule has 9 heteroatoms. The quantitative estimate of drug-likeness (QED) is 0.130. The van der Waals surface area contributed by atoms with Gasteiger partial charge in [0.25, 0.3) is 0 Å². The number of guanidine groups is 1. The molecule has 3 N–H and O–H groups in total. The van der Waals surface area contributed by atoms with Gasteiger partial charge in [-0.05, 0) is 37.8 Å². The Labute approximate surface area is 171 Å². The van der Waals surface area contributed by atoms with Crippen LogP contribution in [0.2, 0.25) is 0 Å². The number of hydrogen-bond donors (Lipinski definition) is 3. The van der Waals surface area contributed by atoms with Gasteiger partial charge < -0.3 is 10.1 Å². The van der Waals surface area contributed by atoms with E-state index in [9.17, 15) is 4.79 Å². The smallest absolute Gasteiger partial charge is 0.243 e. The lowest BCUT2D eigenvalue weighted by atomic mass is 10.1. The number of anilines is 1. The van der Waals surface area contributed by atoms with Crippen molar-refractivity contribution in [1.29, 1.82) is 5.26 Å².